The Kier molecular flexibility index (Phi) is 6.44. The van der Waals surface area contributed by atoms with Gasteiger partial charge in [0, 0.05) is 6.20 Å². The average molecular weight is 413 g/mol. The molecule has 2 amide bonds. The highest BCUT2D eigenvalue weighted by atomic mass is 16.6. The number of rotatable bonds is 3. The van der Waals surface area contributed by atoms with Crippen LogP contribution in [0.25, 0.3) is 0 Å². The number of pyridine rings is 1. The molecule has 1 atom stereocenters. The standard InChI is InChI=1S/C22H27N3O5/c1-15-18-17(10-11-23-19(18)24-20(26)30-22(2,3)4)28-13-12-25(15)21(27)29-14-16-8-6-5-7-9-16/h5-11,15H,12-14H2,1-4H3,(H,23,24,26). The van der Waals surface area contributed by atoms with E-state index in [1.807, 2.05) is 37.3 Å². The van der Waals surface area contributed by atoms with Crippen LogP contribution in [0, 0.1) is 0 Å². The lowest BCUT2D eigenvalue weighted by Crippen LogP contribution is -2.36. The zero-order valence-electron chi connectivity index (χ0n) is 17.7. The quantitative estimate of drug-likeness (QED) is 0.796. The fourth-order valence-electron chi connectivity index (χ4n) is 3.14. The Morgan fingerprint density at radius 1 is 1.23 bits per heavy atom. The normalized spacial score (nSPS) is 16.0. The van der Waals surface area contributed by atoms with Gasteiger partial charge in [0.05, 0.1) is 18.2 Å². The molecule has 0 bridgehead atoms. The number of fused-ring (bicyclic) bond motifs is 1. The second-order valence-electron chi connectivity index (χ2n) is 7.96. The van der Waals surface area contributed by atoms with Gasteiger partial charge < -0.3 is 14.2 Å². The minimum Gasteiger partial charge on any atom is -0.491 e. The number of carbonyl (C=O) groups is 2. The summed E-state index contributed by atoms with van der Waals surface area (Å²) in [5.41, 5.74) is 0.849. The van der Waals surface area contributed by atoms with Crippen LogP contribution in [0.15, 0.2) is 42.6 Å². The number of hydrogen-bond acceptors (Lipinski definition) is 6. The topological polar surface area (TPSA) is 90.0 Å². The zero-order valence-corrected chi connectivity index (χ0v) is 17.7. The van der Waals surface area contributed by atoms with Crippen LogP contribution in [-0.4, -0.2) is 40.8 Å². The van der Waals surface area contributed by atoms with Gasteiger partial charge >= 0.3 is 12.2 Å². The number of benzene rings is 1. The molecule has 2 aromatic rings. The van der Waals surface area contributed by atoms with E-state index in [9.17, 15) is 9.59 Å². The molecule has 30 heavy (non-hydrogen) atoms. The van der Waals surface area contributed by atoms with Gasteiger partial charge in [0.25, 0.3) is 0 Å². The van der Waals surface area contributed by atoms with Crippen molar-refractivity contribution in [3.63, 3.8) is 0 Å². The minimum atomic E-state index is -0.648. The summed E-state index contributed by atoms with van der Waals surface area (Å²) >= 11 is 0. The molecule has 1 aliphatic rings. The largest absolute Gasteiger partial charge is 0.491 e. The van der Waals surface area contributed by atoms with Crippen molar-refractivity contribution in [3.8, 4) is 5.75 Å². The predicted molar refractivity (Wildman–Crippen MR) is 111 cm³/mol. The molecule has 8 nitrogen and oxygen atoms in total. The third kappa shape index (κ3) is 5.40. The van der Waals surface area contributed by atoms with E-state index in [4.69, 9.17) is 14.2 Å². The molecule has 1 N–H and O–H groups in total. The molecule has 1 aromatic heterocycles. The van der Waals surface area contributed by atoms with Crippen LogP contribution in [0.3, 0.4) is 0 Å². The number of aromatic nitrogens is 1. The highest BCUT2D eigenvalue weighted by Crippen LogP contribution is 2.36. The Hall–Kier alpha value is -3.29. The molecule has 0 saturated heterocycles. The molecular weight excluding hydrogens is 386 g/mol. The van der Waals surface area contributed by atoms with Crippen molar-refractivity contribution in [1.29, 1.82) is 0 Å². The van der Waals surface area contributed by atoms with E-state index >= 15 is 0 Å². The van der Waals surface area contributed by atoms with Crippen LogP contribution in [-0.2, 0) is 16.1 Å². The van der Waals surface area contributed by atoms with E-state index in [-0.39, 0.29) is 12.4 Å². The molecule has 8 heteroatoms. The lowest BCUT2D eigenvalue weighted by molar-refractivity contribution is 0.0635. The van der Waals surface area contributed by atoms with Crippen molar-refractivity contribution in [2.75, 3.05) is 18.5 Å². The Morgan fingerprint density at radius 3 is 2.67 bits per heavy atom. The molecule has 160 valence electrons. The number of hydrogen-bond donors (Lipinski definition) is 1. The molecule has 1 unspecified atom stereocenters. The number of nitrogens with one attached hydrogen (secondary N) is 1. The first-order valence-electron chi connectivity index (χ1n) is 9.83. The summed E-state index contributed by atoms with van der Waals surface area (Å²) in [5.74, 6) is 0.846. The smallest absolute Gasteiger partial charge is 0.413 e. The van der Waals surface area contributed by atoms with Crippen molar-refractivity contribution < 1.29 is 23.8 Å². The van der Waals surface area contributed by atoms with Gasteiger partial charge in [0.15, 0.2) is 0 Å². The first kappa shape index (κ1) is 21.4. The van der Waals surface area contributed by atoms with Gasteiger partial charge in [-0.3, -0.25) is 10.2 Å². The van der Waals surface area contributed by atoms with Gasteiger partial charge in [-0.1, -0.05) is 30.3 Å². The van der Waals surface area contributed by atoms with Crippen LogP contribution in [0.1, 0.15) is 44.9 Å². The van der Waals surface area contributed by atoms with Crippen LogP contribution in [0.4, 0.5) is 15.4 Å². The maximum Gasteiger partial charge on any atom is 0.413 e. The minimum absolute atomic E-state index is 0.173. The lowest BCUT2D eigenvalue weighted by Gasteiger charge is -2.27. The molecule has 0 aliphatic carbocycles. The fraction of sp³-hybridized carbons (Fsp3) is 0.409. The number of anilines is 1. The maximum absolute atomic E-state index is 12.8. The van der Waals surface area contributed by atoms with E-state index in [0.717, 1.165) is 5.56 Å². The van der Waals surface area contributed by atoms with E-state index in [1.54, 1.807) is 37.9 Å². The van der Waals surface area contributed by atoms with E-state index in [1.165, 1.54) is 0 Å². The van der Waals surface area contributed by atoms with Crippen molar-refractivity contribution in [2.24, 2.45) is 0 Å². The summed E-state index contributed by atoms with van der Waals surface area (Å²) in [6.07, 6.45) is 0.453. The van der Waals surface area contributed by atoms with Gasteiger partial charge in [0.2, 0.25) is 0 Å². The molecule has 1 aliphatic heterocycles. The van der Waals surface area contributed by atoms with E-state index in [0.29, 0.717) is 24.5 Å². The molecule has 1 aromatic carbocycles. The Morgan fingerprint density at radius 2 is 1.97 bits per heavy atom. The van der Waals surface area contributed by atoms with Crippen LogP contribution >= 0.6 is 0 Å². The summed E-state index contributed by atoms with van der Waals surface area (Å²) < 4.78 is 16.6. The van der Waals surface area contributed by atoms with Crippen molar-refractivity contribution in [2.45, 2.75) is 45.9 Å². The van der Waals surface area contributed by atoms with E-state index in [2.05, 4.69) is 10.3 Å². The van der Waals surface area contributed by atoms with Gasteiger partial charge in [-0.25, -0.2) is 14.6 Å². The molecule has 0 radical (unpaired) electrons. The highest BCUT2D eigenvalue weighted by Gasteiger charge is 2.31. The first-order chi connectivity index (χ1) is 14.2. The first-order valence-corrected chi connectivity index (χ1v) is 9.83. The third-order valence-corrected chi connectivity index (χ3v) is 4.48. The Labute approximate surface area is 176 Å². The molecule has 2 heterocycles. The van der Waals surface area contributed by atoms with Crippen molar-refractivity contribution in [1.82, 2.24) is 9.88 Å². The summed E-state index contributed by atoms with van der Waals surface area (Å²) in [7, 11) is 0. The summed E-state index contributed by atoms with van der Waals surface area (Å²) in [5, 5.41) is 2.67. The lowest BCUT2D eigenvalue weighted by atomic mass is 10.1. The third-order valence-electron chi connectivity index (χ3n) is 4.48. The van der Waals surface area contributed by atoms with Gasteiger partial charge in [-0.05, 0) is 39.3 Å². The Bertz CT molecular complexity index is 895. The molecule has 3 rings (SSSR count). The SMILES string of the molecule is CC1c2c(ccnc2NC(=O)OC(C)(C)C)OCCN1C(=O)OCc1ccccc1. The fourth-order valence-corrected chi connectivity index (χ4v) is 3.14. The molecule has 0 fully saturated rings. The predicted octanol–water partition coefficient (Wildman–Crippen LogP) is 4.52. The van der Waals surface area contributed by atoms with Crippen LogP contribution in [0.2, 0.25) is 0 Å². The number of amides is 2. The average Bonchev–Trinajstić information content (AvgIpc) is 2.85. The van der Waals surface area contributed by atoms with Crippen molar-refractivity contribution in [3.05, 3.63) is 53.7 Å². The van der Waals surface area contributed by atoms with E-state index < -0.39 is 23.8 Å². The molecular formula is C22H27N3O5. The summed E-state index contributed by atoms with van der Waals surface area (Å²) in [6.45, 7) is 8.00. The number of ether oxygens (including phenoxy) is 3. The monoisotopic (exact) mass is 413 g/mol. The molecule has 0 spiro atoms. The number of carbonyl (C=O) groups excluding carboxylic acids is 2. The van der Waals surface area contributed by atoms with Gasteiger partial charge in [-0.2, -0.15) is 0 Å². The van der Waals surface area contributed by atoms with Crippen molar-refractivity contribution >= 4 is 18.0 Å². The van der Waals surface area contributed by atoms with Gasteiger partial charge in [-0.15, -0.1) is 0 Å². The summed E-state index contributed by atoms with van der Waals surface area (Å²) in [6, 6.07) is 10.8. The second kappa shape index (κ2) is 9.02. The van der Waals surface area contributed by atoms with Crippen LogP contribution < -0.4 is 10.1 Å². The summed E-state index contributed by atoms with van der Waals surface area (Å²) in [4.78, 5) is 30.9. The maximum atomic E-state index is 12.8. The Balaban J connectivity index is 1.78. The molecule has 0 saturated carbocycles. The van der Waals surface area contributed by atoms with Crippen LogP contribution in [0.5, 0.6) is 5.75 Å². The highest BCUT2D eigenvalue weighted by molar-refractivity contribution is 5.85. The zero-order chi connectivity index (χ0) is 21.7. The number of nitrogens with zero attached hydrogens (tertiary/aromatic N) is 2. The second-order valence-corrected chi connectivity index (χ2v) is 7.96. The van der Waals surface area contributed by atoms with Gasteiger partial charge in [0.1, 0.15) is 30.4 Å².